The van der Waals surface area contributed by atoms with Crippen LogP contribution in [0.25, 0.3) is 5.57 Å². The predicted octanol–water partition coefficient (Wildman–Crippen LogP) is 10.2. The summed E-state index contributed by atoms with van der Waals surface area (Å²) in [5, 5.41) is 3.42. The van der Waals surface area contributed by atoms with Crippen LogP contribution in [0.3, 0.4) is 0 Å². The molecule has 4 aromatic carbocycles. The monoisotopic (exact) mass is 1060 g/mol. The van der Waals surface area contributed by atoms with Gasteiger partial charge in [0.05, 0.1) is 10.6 Å². The van der Waals surface area contributed by atoms with Crippen molar-refractivity contribution in [1.82, 2.24) is 19.4 Å². The van der Waals surface area contributed by atoms with Crippen LogP contribution < -0.4 is 14.9 Å². The van der Waals surface area contributed by atoms with Crippen molar-refractivity contribution in [3.05, 3.63) is 119 Å². The summed E-state index contributed by atoms with van der Waals surface area (Å²) in [5.41, 5.74) is -2.40. The number of amides is 1. The minimum atomic E-state index is -6.08. The number of fused-ring (bicyclic) bond motifs is 2. The number of thioether (sulfide) groups is 1. The highest BCUT2D eigenvalue weighted by atomic mass is 35.5. The number of sulfonamides is 1. The fourth-order valence-corrected chi connectivity index (χ4v) is 13.7. The average molecular weight is 1060 g/mol. The summed E-state index contributed by atoms with van der Waals surface area (Å²) in [5.74, 6) is -0.985. The second-order valence-corrected chi connectivity index (χ2v) is 26.1. The van der Waals surface area contributed by atoms with Gasteiger partial charge in [-0.2, -0.15) is 13.2 Å². The number of hydrogen-bond donors (Lipinski definition) is 2. The van der Waals surface area contributed by atoms with Crippen LogP contribution >= 0.6 is 23.4 Å². The first-order valence-corrected chi connectivity index (χ1v) is 28.4. The van der Waals surface area contributed by atoms with Crippen molar-refractivity contribution < 1.29 is 39.2 Å². The molecule has 3 fully saturated rings. The van der Waals surface area contributed by atoms with E-state index in [1.807, 2.05) is 35.1 Å². The van der Waals surface area contributed by atoms with Gasteiger partial charge >= 0.3 is 5.51 Å². The molecule has 3 heterocycles. The lowest BCUT2D eigenvalue weighted by atomic mass is 9.72. The molecule has 2 bridgehead atoms. The molecule has 4 aromatic rings. The molecule has 19 heteroatoms. The fourth-order valence-electron chi connectivity index (χ4n) is 10.6. The molecule has 1 aliphatic carbocycles. The zero-order valence-electron chi connectivity index (χ0n) is 40.7. The standard InChI is InChI=1S/C52H63ClF4N6O5S3/c1-50(2,3)63-33-40-28-41(63)32-62(40)22-20-38(34-69-42-9-7-6-8-10-42)58-47-18-16-43(29-48(47)70(65,66)52(55,56)57)71(67,68)59-49(64)35-11-14-39(15-12-35)61-25-23-60(24-26-61)31-36-30-51(4,5)21-19-44(36)45-17-13-37(53)27-46(45)54/h6-18,27,29,38,40-41,58H,19-26,28,30-34H2,1-5H3,(H,59,64)/t38-,40?,41?/m1/s1. The molecule has 8 rings (SSSR count). The van der Waals surface area contributed by atoms with Crippen molar-refractivity contribution >= 4 is 66.1 Å². The third-order valence-corrected chi connectivity index (χ3v) is 18.6. The second-order valence-electron chi connectivity index (χ2n) is 21.0. The number of rotatable bonds is 16. The maximum Gasteiger partial charge on any atom is 0.501 e. The van der Waals surface area contributed by atoms with E-state index in [1.165, 1.54) is 35.5 Å². The molecule has 2 N–H and O–H groups in total. The zero-order valence-corrected chi connectivity index (χ0v) is 43.9. The summed E-state index contributed by atoms with van der Waals surface area (Å²) in [6.07, 6.45) is 4.08. The van der Waals surface area contributed by atoms with Crippen LogP contribution in [0.5, 0.6) is 0 Å². The topological polar surface area (TPSA) is 122 Å². The molecule has 0 saturated carbocycles. The molecule has 2 unspecified atom stereocenters. The van der Waals surface area contributed by atoms with E-state index in [0.29, 0.717) is 67.1 Å². The molecule has 0 aromatic heterocycles. The van der Waals surface area contributed by atoms with E-state index in [2.05, 4.69) is 59.5 Å². The fraction of sp³-hybridized carbons (Fsp3) is 0.481. The lowest BCUT2D eigenvalue weighted by Gasteiger charge is -2.42. The Balaban J connectivity index is 0.935. The number of alkyl halides is 3. The molecule has 3 aliphatic heterocycles. The molecule has 4 aliphatic rings. The Bertz CT molecular complexity index is 2840. The largest absolute Gasteiger partial charge is 0.501 e. The average Bonchev–Trinajstić information content (AvgIpc) is 3.92. The summed E-state index contributed by atoms with van der Waals surface area (Å²) >= 11 is 7.54. The van der Waals surface area contributed by atoms with Gasteiger partial charge in [0, 0.05) is 109 Å². The molecular formula is C52H63ClF4N6O5S3. The van der Waals surface area contributed by atoms with E-state index in [4.69, 9.17) is 11.6 Å². The van der Waals surface area contributed by atoms with Crippen LogP contribution in [-0.4, -0.2) is 125 Å². The van der Waals surface area contributed by atoms with Crippen LogP contribution in [-0.2, 0) is 19.9 Å². The Morgan fingerprint density at radius 3 is 2.23 bits per heavy atom. The summed E-state index contributed by atoms with van der Waals surface area (Å²) < 4.78 is 114. The number of piperazine rings is 2. The first-order valence-electron chi connectivity index (χ1n) is 24.1. The van der Waals surface area contributed by atoms with Crippen LogP contribution in [0.1, 0.15) is 82.6 Å². The van der Waals surface area contributed by atoms with Crippen LogP contribution in [0, 0.1) is 11.2 Å². The van der Waals surface area contributed by atoms with Crippen molar-refractivity contribution in [3.63, 3.8) is 0 Å². The van der Waals surface area contributed by atoms with Gasteiger partial charge in [-0.3, -0.25) is 19.5 Å². The Hall–Kier alpha value is -4.17. The third-order valence-electron chi connectivity index (χ3n) is 14.3. The van der Waals surface area contributed by atoms with Crippen LogP contribution in [0.15, 0.2) is 111 Å². The summed E-state index contributed by atoms with van der Waals surface area (Å²) in [6.45, 7) is 16.9. The normalized spacial score (nSPS) is 20.9. The molecule has 3 saturated heterocycles. The number of sulfone groups is 1. The number of benzene rings is 4. The number of nitrogens with zero attached hydrogens (tertiary/aromatic N) is 4. The maximum atomic E-state index is 15.1. The highest BCUT2D eigenvalue weighted by Crippen LogP contribution is 2.44. The maximum absolute atomic E-state index is 15.1. The van der Waals surface area contributed by atoms with Gasteiger partial charge in [0.15, 0.2) is 0 Å². The van der Waals surface area contributed by atoms with E-state index >= 15 is 4.39 Å². The number of hydrogen-bond acceptors (Lipinski definition) is 11. The smallest absolute Gasteiger partial charge is 0.380 e. The van der Waals surface area contributed by atoms with Crippen LogP contribution in [0.2, 0.25) is 5.02 Å². The summed E-state index contributed by atoms with van der Waals surface area (Å²) in [6, 6.07) is 23.3. The quantitative estimate of drug-likeness (QED) is 0.0824. The van der Waals surface area contributed by atoms with E-state index in [0.717, 1.165) is 80.2 Å². The van der Waals surface area contributed by atoms with E-state index in [1.54, 1.807) is 24.3 Å². The number of carbonyl (C=O) groups is 1. The Labute approximate surface area is 425 Å². The second kappa shape index (κ2) is 21.0. The minimum absolute atomic E-state index is 0.0251. The summed E-state index contributed by atoms with van der Waals surface area (Å²) in [7, 11) is -11.0. The molecular weight excluding hydrogens is 996 g/mol. The van der Waals surface area contributed by atoms with Gasteiger partial charge in [0.25, 0.3) is 25.8 Å². The Morgan fingerprint density at radius 1 is 0.887 bits per heavy atom. The molecule has 11 nitrogen and oxygen atoms in total. The number of likely N-dealkylation sites (tertiary alicyclic amines) is 2. The van der Waals surface area contributed by atoms with Gasteiger partial charge in [-0.15, -0.1) is 11.8 Å². The van der Waals surface area contributed by atoms with Crippen molar-refractivity contribution in [3.8, 4) is 0 Å². The van der Waals surface area contributed by atoms with E-state index in [9.17, 15) is 34.8 Å². The first kappa shape index (κ1) is 53.1. The van der Waals surface area contributed by atoms with E-state index < -0.39 is 52.8 Å². The van der Waals surface area contributed by atoms with Crippen molar-refractivity contribution in [1.29, 1.82) is 0 Å². The number of anilines is 2. The summed E-state index contributed by atoms with van der Waals surface area (Å²) in [4.78, 5) is 21.7. The highest BCUT2D eigenvalue weighted by Gasteiger charge is 2.49. The molecule has 3 atom stereocenters. The third kappa shape index (κ3) is 12.4. The molecule has 71 heavy (non-hydrogen) atoms. The van der Waals surface area contributed by atoms with Crippen molar-refractivity contribution in [2.75, 3.05) is 68.3 Å². The van der Waals surface area contributed by atoms with E-state index in [-0.39, 0.29) is 22.3 Å². The first-order chi connectivity index (χ1) is 33.4. The van der Waals surface area contributed by atoms with Gasteiger partial charge < -0.3 is 10.2 Å². The number of allylic oxidation sites excluding steroid dienone is 1. The molecule has 0 spiro atoms. The van der Waals surface area contributed by atoms with Gasteiger partial charge in [0.2, 0.25) is 0 Å². The SMILES string of the molecule is CC1(C)CCC(c2ccc(Cl)cc2F)=C(CN2CCN(c3ccc(C(=O)NS(=O)(=O)c4ccc(N[C@H](CCN5CC6CC5CN6C(C)(C)C)CSc5ccccc5)c(S(=O)(=O)C(F)(F)F)c4)cc3)CC2)C1. The lowest BCUT2D eigenvalue weighted by molar-refractivity contribution is -0.0435. The zero-order chi connectivity index (χ0) is 51.1. The molecule has 0 radical (unpaired) electrons. The minimum Gasteiger partial charge on any atom is -0.380 e. The number of nitrogens with one attached hydrogen (secondary N) is 2. The van der Waals surface area contributed by atoms with Gasteiger partial charge in [-0.25, -0.2) is 25.9 Å². The van der Waals surface area contributed by atoms with Gasteiger partial charge in [-0.1, -0.05) is 55.3 Å². The molecule has 384 valence electrons. The van der Waals surface area contributed by atoms with Gasteiger partial charge in [-0.05, 0) is 131 Å². The van der Waals surface area contributed by atoms with Crippen molar-refractivity contribution in [2.45, 2.75) is 111 Å². The van der Waals surface area contributed by atoms with Gasteiger partial charge in [0.1, 0.15) is 10.7 Å². The predicted molar refractivity (Wildman–Crippen MR) is 275 cm³/mol. The Morgan fingerprint density at radius 2 is 1.59 bits per heavy atom. The van der Waals surface area contributed by atoms with Crippen LogP contribution in [0.4, 0.5) is 28.9 Å². The van der Waals surface area contributed by atoms with Crippen molar-refractivity contribution in [2.24, 2.45) is 5.41 Å². The number of carbonyl (C=O) groups excluding carboxylic acids is 1. The highest BCUT2D eigenvalue weighted by molar-refractivity contribution is 7.99. The Kier molecular flexibility index (Phi) is 15.7. The number of halogens is 5. The lowest BCUT2D eigenvalue weighted by Crippen LogP contribution is -2.53. The molecule has 1 amide bonds.